The molecule has 77 heavy (non-hydrogen) atoms. The first kappa shape index (κ1) is 51.7. The van der Waals surface area contributed by atoms with Gasteiger partial charge in [0, 0.05) is 66.3 Å². The fraction of sp³-hybridized carbons (Fsp3) is 0.345. The average molecular weight is 1050 g/mol. The number of carbonyl (C=O) groups is 7. The van der Waals surface area contributed by atoms with E-state index in [1.165, 1.54) is 14.2 Å². The Morgan fingerprint density at radius 2 is 1.14 bits per heavy atom. The second-order valence-electron chi connectivity index (χ2n) is 19.8. The highest BCUT2D eigenvalue weighted by molar-refractivity contribution is 6.15. The Labute approximate surface area is 445 Å². The van der Waals surface area contributed by atoms with Crippen molar-refractivity contribution in [3.63, 3.8) is 0 Å². The zero-order chi connectivity index (χ0) is 53.7. The second-order valence-corrected chi connectivity index (χ2v) is 19.8. The molecule has 398 valence electrons. The highest BCUT2D eigenvalue weighted by Crippen LogP contribution is 2.43. The second kappa shape index (κ2) is 22.6. The molecule has 5 N–H and O–H groups in total. The third-order valence-corrected chi connectivity index (χ3v) is 14.9. The summed E-state index contributed by atoms with van der Waals surface area (Å²) >= 11 is 0. The molecule has 1 saturated carbocycles. The zero-order valence-corrected chi connectivity index (χ0v) is 43.1. The van der Waals surface area contributed by atoms with Gasteiger partial charge in [0.25, 0.3) is 11.8 Å². The number of rotatable bonds is 17. The molecule has 2 atom stereocenters. The molecular formula is C58H60N8O11. The summed E-state index contributed by atoms with van der Waals surface area (Å²) in [6, 6.07) is 27.8. The van der Waals surface area contributed by atoms with E-state index in [0.29, 0.717) is 95.2 Å². The molecule has 10 rings (SSSR count). The fourth-order valence-corrected chi connectivity index (χ4v) is 11.0. The lowest BCUT2D eigenvalue weighted by Crippen LogP contribution is -2.44. The molecular weight excluding hydrogens is 985 g/mol. The number of fused-ring (bicyclic) bond motifs is 8. The predicted octanol–water partition coefficient (Wildman–Crippen LogP) is 5.51. The minimum Gasteiger partial charge on any atom is -0.493 e. The quantitative estimate of drug-likeness (QED) is 0.0780. The topological polar surface area (TPSA) is 235 Å². The number of nitrogens with one attached hydrogen (secondary N) is 5. The minimum absolute atomic E-state index is 0.0113. The number of anilines is 3. The first-order valence-corrected chi connectivity index (χ1v) is 25.9. The molecule has 4 aliphatic heterocycles. The molecule has 19 nitrogen and oxygen atoms in total. The molecule has 1 fully saturated rings. The van der Waals surface area contributed by atoms with E-state index in [0.717, 1.165) is 40.9 Å². The maximum Gasteiger partial charge on any atom is 0.261 e. The predicted molar refractivity (Wildman–Crippen MR) is 286 cm³/mol. The molecule has 0 saturated heterocycles. The van der Waals surface area contributed by atoms with Gasteiger partial charge in [-0.05, 0) is 121 Å². The van der Waals surface area contributed by atoms with Gasteiger partial charge < -0.3 is 50.4 Å². The summed E-state index contributed by atoms with van der Waals surface area (Å²) in [5, 5.41) is 13.1. The summed E-state index contributed by atoms with van der Waals surface area (Å²) in [4.78, 5) is 100.0. The zero-order valence-electron chi connectivity index (χ0n) is 43.1. The smallest absolute Gasteiger partial charge is 0.261 e. The molecule has 0 radical (unpaired) electrons. The van der Waals surface area contributed by atoms with Crippen LogP contribution >= 0.6 is 0 Å². The van der Waals surface area contributed by atoms with Crippen LogP contribution in [0.15, 0.2) is 96.0 Å². The van der Waals surface area contributed by atoms with E-state index < -0.39 is 30.8 Å². The normalized spacial score (nSPS) is 18.6. The first-order valence-electron chi connectivity index (χ1n) is 25.9. The Balaban J connectivity index is 0.815. The van der Waals surface area contributed by atoms with Crippen LogP contribution in [0.25, 0.3) is 0 Å². The van der Waals surface area contributed by atoms with E-state index in [4.69, 9.17) is 23.9 Å². The van der Waals surface area contributed by atoms with Crippen LogP contribution in [0, 0.1) is 11.8 Å². The molecule has 7 amide bonds. The van der Waals surface area contributed by atoms with Gasteiger partial charge in [-0.15, -0.1) is 0 Å². The van der Waals surface area contributed by atoms with E-state index >= 15 is 0 Å². The van der Waals surface area contributed by atoms with Crippen molar-refractivity contribution in [2.75, 3.05) is 56.0 Å². The minimum atomic E-state index is -0.629. The van der Waals surface area contributed by atoms with Crippen LogP contribution in [0.2, 0.25) is 0 Å². The number of benzene rings is 5. The lowest BCUT2D eigenvalue weighted by Gasteiger charge is -2.26. The molecule has 1 aliphatic carbocycles. The van der Waals surface area contributed by atoms with Crippen LogP contribution in [-0.2, 0) is 56.4 Å². The Morgan fingerprint density at radius 1 is 0.584 bits per heavy atom. The van der Waals surface area contributed by atoms with Gasteiger partial charge in [-0.25, -0.2) is 0 Å². The molecule has 0 aromatic heterocycles. The van der Waals surface area contributed by atoms with E-state index in [1.807, 2.05) is 59.5 Å². The summed E-state index contributed by atoms with van der Waals surface area (Å²) in [5.74, 6) is -1.35. The Hall–Kier alpha value is -8.74. The molecule has 5 aliphatic rings. The van der Waals surface area contributed by atoms with E-state index in [2.05, 4.69) is 32.7 Å². The largest absolute Gasteiger partial charge is 0.493 e. The number of methoxy groups -OCH3 is 2. The van der Waals surface area contributed by atoms with Gasteiger partial charge in [0.15, 0.2) is 23.0 Å². The van der Waals surface area contributed by atoms with E-state index in [9.17, 15) is 33.6 Å². The standard InChI is InChI=1S/C58H60N8O11/c1-59-55(70)35-12-14-36(15-13-35)56(71)63-29-53(68)61-28-52(67)62-30-54(69)64-40-19-33(31-76-50-23-37-16-17-41-21-38-8-4-6-10-46(38)65(41)57(72)43(37)24-48(50)74-2)18-34(20-40)32-77-51-26-45-44(25-49(51)75-3)58(73)66-42(27-60-45)22-39-9-5-7-11-47(39)66/h4-11,18-20,23-27,35-36,41-42H,12-17,21-22,28-32H2,1-3H3,(H,59,70)(H,61,68)(H,62,67)(H,63,71)(H,64,69)/t35?,36?,41-,42+/m1/s1. The average Bonchev–Trinajstić information content (AvgIpc) is 4.01. The first-order chi connectivity index (χ1) is 37.4. The highest BCUT2D eigenvalue weighted by atomic mass is 16.5. The number of hydrogen-bond acceptors (Lipinski definition) is 12. The molecule has 0 unspecified atom stereocenters. The Bertz CT molecular complexity index is 3210. The number of aryl methyl sites for hydroxylation is 1. The molecule has 4 heterocycles. The van der Waals surface area contributed by atoms with Crippen LogP contribution in [0.4, 0.5) is 22.7 Å². The van der Waals surface area contributed by atoms with Crippen molar-refractivity contribution in [2.45, 2.75) is 76.7 Å². The third kappa shape index (κ3) is 11.2. The molecule has 0 spiro atoms. The van der Waals surface area contributed by atoms with Crippen LogP contribution < -0.4 is 55.3 Å². The van der Waals surface area contributed by atoms with Crippen molar-refractivity contribution in [3.05, 3.63) is 130 Å². The SMILES string of the molecule is CNC(=O)C1CCC(C(=O)NCC(=O)NCC(=O)NCC(=O)Nc2cc(COc3cc4c(cc3OC)C(=O)N3c5ccccc5C[C@H]3CC4)cc(COc3cc4c(cc3OC)C(=O)N3c5ccccc5C[C@H]3C=N4)c2)CC1. The number of aliphatic imine (C=N–C) groups is 1. The monoisotopic (exact) mass is 1040 g/mol. The van der Waals surface area contributed by atoms with Gasteiger partial charge in [-0.2, -0.15) is 0 Å². The summed E-state index contributed by atoms with van der Waals surface area (Å²) in [6.45, 7) is -1.20. The van der Waals surface area contributed by atoms with Gasteiger partial charge in [-0.3, -0.25) is 43.5 Å². The van der Waals surface area contributed by atoms with Crippen molar-refractivity contribution >= 4 is 70.3 Å². The van der Waals surface area contributed by atoms with Crippen LogP contribution in [-0.4, -0.2) is 101 Å². The summed E-state index contributed by atoms with van der Waals surface area (Å²) in [7, 11) is 4.60. The van der Waals surface area contributed by atoms with Gasteiger partial charge in [0.05, 0.1) is 51.1 Å². The molecule has 0 bridgehead atoms. The van der Waals surface area contributed by atoms with Crippen LogP contribution in [0.5, 0.6) is 23.0 Å². The summed E-state index contributed by atoms with van der Waals surface area (Å²) < 4.78 is 24.4. The number of carbonyl (C=O) groups excluding carboxylic acids is 7. The van der Waals surface area contributed by atoms with Crippen molar-refractivity contribution in [3.8, 4) is 23.0 Å². The van der Waals surface area contributed by atoms with Crippen molar-refractivity contribution in [1.82, 2.24) is 21.3 Å². The maximum atomic E-state index is 14.1. The number of nitrogens with zero attached hydrogens (tertiary/aromatic N) is 3. The Kier molecular flexibility index (Phi) is 15.2. The molecule has 19 heteroatoms. The van der Waals surface area contributed by atoms with Gasteiger partial charge >= 0.3 is 0 Å². The number of hydrogen-bond donors (Lipinski definition) is 5. The maximum absolute atomic E-state index is 14.1. The van der Waals surface area contributed by atoms with Crippen molar-refractivity contribution < 1.29 is 52.5 Å². The van der Waals surface area contributed by atoms with Crippen molar-refractivity contribution in [1.29, 1.82) is 0 Å². The third-order valence-electron chi connectivity index (χ3n) is 14.9. The van der Waals surface area contributed by atoms with E-state index in [1.54, 1.807) is 48.5 Å². The molecule has 5 aromatic carbocycles. The van der Waals surface area contributed by atoms with Crippen LogP contribution in [0.1, 0.15) is 80.6 Å². The van der Waals surface area contributed by atoms with Gasteiger partial charge in [-0.1, -0.05) is 36.4 Å². The lowest BCUT2D eigenvalue weighted by atomic mass is 9.81. The van der Waals surface area contributed by atoms with Gasteiger partial charge in [0.1, 0.15) is 13.2 Å². The Morgan fingerprint density at radius 3 is 1.79 bits per heavy atom. The summed E-state index contributed by atoms with van der Waals surface area (Å²) in [5.41, 5.74) is 7.80. The fourth-order valence-electron chi connectivity index (χ4n) is 11.0. The summed E-state index contributed by atoms with van der Waals surface area (Å²) in [6.07, 6.45) is 6.88. The highest BCUT2D eigenvalue weighted by Gasteiger charge is 2.39. The van der Waals surface area contributed by atoms with Crippen LogP contribution in [0.3, 0.4) is 0 Å². The van der Waals surface area contributed by atoms with E-state index in [-0.39, 0.29) is 67.3 Å². The number of para-hydroxylation sites is 2. The lowest BCUT2D eigenvalue weighted by molar-refractivity contribution is -0.131. The number of ether oxygens (including phenoxy) is 4. The molecule has 5 aromatic rings. The van der Waals surface area contributed by atoms with Crippen molar-refractivity contribution in [2.24, 2.45) is 16.8 Å². The van der Waals surface area contributed by atoms with Gasteiger partial charge in [0.2, 0.25) is 29.5 Å². The number of amides is 7.